The lowest BCUT2D eigenvalue weighted by molar-refractivity contribution is -0.385. The molecule has 1 fully saturated rings. The number of carbonyl (C=O) groups is 1. The van der Waals surface area contributed by atoms with Crippen LogP contribution < -0.4 is 0 Å². The lowest BCUT2D eigenvalue weighted by Crippen LogP contribution is -2.19. The maximum atomic E-state index is 11.4. The quantitative estimate of drug-likeness (QED) is 0.688. The maximum absolute atomic E-state index is 11.4. The molecule has 1 aliphatic carbocycles. The molecule has 7 nitrogen and oxygen atoms in total. The fourth-order valence-corrected chi connectivity index (χ4v) is 3.04. The Morgan fingerprint density at radius 2 is 2.05 bits per heavy atom. The third-order valence-corrected chi connectivity index (χ3v) is 4.35. The number of rotatable bonds is 3. The lowest BCUT2D eigenvalue weighted by Gasteiger charge is -2.24. The highest BCUT2D eigenvalue weighted by Crippen LogP contribution is 2.38. The van der Waals surface area contributed by atoms with E-state index in [0.717, 1.165) is 25.7 Å². The van der Waals surface area contributed by atoms with Crippen LogP contribution in [0.3, 0.4) is 0 Å². The summed E-state index contributed by atoms with van der Waals surface area (Å²) in [6.45, 7) is 1.62. The van der Waals surface area contributed by atoms with Gasteiger partial charge in [0.15, 0.2) is 17.2 Å². The number of phenolic OH excluding ortho intramolecular Hbond substituents is 1. The molecule has 0 radical (unpaired) electrons. The number of aromatic nitrogens is 1. The molecule has 1 saturated carbocycles. The number of ketones is 1. The molecule has 0 spiro atoms. The minimum atomic E-state index is -0.658. The minimum absolute atomic E-state index is 0.115. The van der Waals surface area contributed by atoms with Gasteiger partial charge in [-0.15, -0.1) is 0 Å². The first kappa shape index (κ1) is 14.5. The van der Waals surface area contributed by atoms with Crippen LogP contribution in [0.15, 0.2) is 16.5 Å². The van der Waals surface area contributed by atoms with Gasteiger partial charge >= 0.3 is 5.69 Å². The monoisotopic (exact) mass is 304 g/mol. The molecule has 0 saturated heterocycles. The van der Waals surface area contributed by atoms with E-state index in [1.165, 1.54) is 12.1 Å². The van der Waals surface area contributed by atoms with Crippen molar-refractivity contribution in [1.82, 2.24) is 4.98 Å². The van der Waals surface area contributed by atoms with Gasteiger partial charge in [0, 0.05) is 17.9 Å². The average molecular weight is 304 g/mol. The summed E-state index contributed by atoms with van der Waals surface area (Å²) in [5, 5.41) is 20.5. The van der Waals surface area contributed by atoms with Crippen molar-refractivity contribution >= 4 is 22.6 Å². The molecule has 1 aromatic heterocycles. The first-order chi connectivity index (χ1) is 10.5. The van der Waals surface area contributed by atoms with Crippen molar-refractivity contribution in [3.05, 3.63) is 28.1 Å². The fourth-order valence-electron chi connectivity index (χ4n) is 3.04. The molecule has 0 atom stereocenters. The van der Waals surface area contributed by atoms with Gasteiger partial charge in [-0.3, -0.25) is 14.9 Å². The highest BCUT2D eigenvalue weighted by molar-refractivity contribution is 5.79. The maximum Gasteiger partial charge on any atom is 0.314 e. The van der Waals surface area contributed by atoms with E-state index < -0.39 is 16.4 Å². The average Bonchev–Trinajstić information content (AvgIpc) is 2.89. The second kappa shape index (κ2) is 5.40. The number of hydrogen-bond acceptors (Lipinski definition) is 6. The molecule has 0 bridgehead atoms. The first-order valence-corrected chi connectivity index (χ1v) is 7.24. The van der Waals surface area contributed by atoms with Crippen molar-refractivity contribution in [1.29, 1.82) is 0 Å². The zero-order valence-corrected chi connectivity index (χ0v) is 12.1. The number of phenols is 1. The molecule has 1 N–H and O–H groups in total. The van der Waals surface area contributed by atoms with Crippen LogP contribution in [-0.4, -0.2) is 20.8 Å². The van der Waals surface area contributed by atoms with Crippen molar-refractivity contribution in [2.45, 2.75) is 38.5 Å². The van der Waals surface area contributed by atoms with E-state index >= 15 is 0 Å². The summed E-state index contributed by atoms with van der Waals surface area (Å²) in [7, 11) is 0. The van der Waals surface area contributed by atoms with Gasteiger partial charge in [0.1, 0.15) is 11.3 Å². The number of nitro benzene ring substituents is 1. The second-order valence-corrected chi connectivity index (χ2v) is 5.78. The van der Waals surface area contributed by atoms with Crippen molar-refractivity contribution in [2.75, 3.05) is 0 Å². The topological polar surface area (TPSA) is 106 Å². The highest BCUT2D eigenvalue weighted by atomic mass is 16.6. The Balaban J connectivity index is 1.87. The minimum Gasteiger partial charge on any atom is -0.502 e. The van der Waals surface area contributed by atoms with Crippen LogP contribution in [0.25, 0.3) is 11.1 Å². The predicted molar refractivity (Wildman–Crippen MR) is 77.7 cm³/mol. The standard InChI is InChI=1S/C15H16N2O5/c1-8(18)9-2-4-10(5-3-9)15-16-11-6-13(19)12(17(20)21)7-14(11)22-15/h6-7,9-10,19H,2-5H2,1H3. The number of benzene rings is 1. The van der Waals surface area contributed by atoms with E-state index in [9.17, 15) is 20.0 Å². The Hall–Kier alpha value is -2.44. The van der Waals surface area contributed by atoms with Gasteiger partial charge in [0.25, 0.3) is 0 Å². The van der Waals surface area contributed by atoms with Crippen LogP contribution in [0, 0.1) is 16.0 Å². The Morgan fingerprint density at radius 3 is 2.64 bits per heavy atom. The molecular weight excluding hydrogens is 288 g/mol. The van der Waals surface area contributed by atoms with Gasteiger partial charge in [0.05, 0.1) is 11.0 Å². The Kier molecular flexibility index (Phi) is 3.56. The molecule has 7 heteroatoms. The number of aromatic hydroxyl groups is 1. The van der Waals surface area contributed by atoms with Gasteiger partial charge < -0.3 is 9.52 Å². The zero-order chi connectivity index (χ0) is 15.9. The molecular formula is C15H16N2O5. The van der Waals surface area contributed by atoms with Gasteiger partial charge in [-0.2, -0.15) is 0 Å². The molecule has 2 aromatic rings. The highest BCUT2D eigenvalue weighted by Gasteiger charge is 2.28. The summed E-state index contributed by atoms with van der Waals surface area (Å²) in [6.07, 6.45) is 3.24. The van der Waals surface area contributed by atoms with E-state index in [1.54, 1.807) is 6.92 Å². The lowest BCUT2D eigenvalue weighted by atomic mass is 9.80. The predicted octanol–water partition coefficient (Wildman–Crippen LogP) is 3.30. The van der Waals surface area contributed by atoms with Crippen LogP contribution in [0.4, 0.5) is 5.69 Å². The van der Waals surface area contributed by atoms with E-state index in [0.29, 0.717) is 17.0 Å². The SMILES string of the molecule is CC(=O)C1CCC(c2nc3cc(O)c([N+](=O)[O-])cc3o2)CC1. The molecule has 0 amide bonds. The third kappa shape index (κ3) is 2.54. The van der Waals surface area contributed by atoms with Crippen molar-refractivity contribution < 1.29 is 19.2 Å². The molecule has 3 rings (SSSR count). The molecule has 22 heavy (non-hydrogen) atoms. The van der Waals surface area contributed by atoms with E-state index in [-0.39, 0.29) is 17.6 Å². The summed E-state index contributed by atoms with van der Waals surface area (Å²) >= 11 is 0. The molecule has 0 unspecified atom stereocenters. The largest absolute Gasteiger partial charge is 0.502 e. The van der Waals surface area contributed by atoms with Crippen molar-refractivity contribution in [3.63, 3.8) is 0 Å². The Labute approximate surface area is 126 Å². The summed E-state index contributed by atoms with van der Waals surface area (Å²) in [5.41, 5.74) is 0.315. The normalized spacial score (nSPS) is 21.9. The van der Waals surface area contributed by atoms with Crippen molar-refractivity contribution in [2.24, 2.45) is 5.92 Å². The van der Waals surface area contributed by atoms with Crippen LogP contribution >= 0.6 is 0 Å². The summed E-state index contributed by atoms with van der Waals surface area (Å²) in [4.78, 5) is 25.9. The number of carbonyl (C=O) groups excluding carboxylic acids is 1. The van der Waals surface area contributed by atoms with Crippen LogP contribution in [0.2, 0.25) is 0 Å². The smallest absolute Gasteiger partial charge is 0.314 e. The van der Waals surface area contributed by atoms with Crippen molar-refractivity contribution in [3.8, 4) is 5.75 Å². The van der Waals surface area contributed by atoms with Crippen LogP contribution in [0.1, 0.15) is 44.4 Å². The molecule has 116 valence electrons. The van der Waals surface area contributed by atoms with Gasteiger partial charge in [0.2, 0.25) is 0 Å². The number of oxazole rings is 1. The molecule has 1 heterocycles. The van der Waals surface area contributed by atoms with E-state index in [2.05, 4.69) is 4.98 Å². The number of nitro groups is 1. The van der Waals surface area contributed by atoms with E-state index in [1.807, 2.05) is 0 Å². The number of Topliss-reactive ketones (excluding diaryl/α,β-unsaturated/α-hetero) is 1. The van der Waals surface area contributed by atoms with Crippen LogP contribution in [0.5, 0.6) is 5.75 Å². The molecule has 0 aliphatic heterocycles. The van der Waals surface area contributed by atoms with Gasteiger partial charge in [-0.05, 0) is 32.6 Å². The number of hydrogen-bond donors (Lipinski definition) is 1. The summed E-state index contributed by atoms with van der Waals surface area (Å²) in [5.74, 6) is 0.557. The first-order valence-electron chi connectivity index (χ1n) is 7.24. The summed E-state index contributed by atoms with van der Waals surface area (Å²) in [6, 6.07) is 2.45. The summed E-state index contributed by atoms with van der Waals surface area (Å²) < 4.78 is 5.64. The van der Waals surface area contributed by atoms with E-state index in [4.69, 9.17) is 4.42 Å². The second-order valence-electron chi connectivity index (χ2n) is 5.78. The third-order valence-electron chi connectivity index (χ3n) is 4.35. The molecule has 1 aromatic carbocycles. The molecule has 1 aliphatic rings. The number of fused-ring (bicyclic) bond motifs is 1. The Morgan fingerprint density at radius 1 is 1.36 bits per heavy atom. The van der Waals surface area contributed by atoms with Gasteiger partial charge in [-0.1, -0.05) is 0 Å². The zero-order valence-electron chi connectivity index (χ0n) is 12.1. The van der Waals surface area contributed by atoms with Gasteiger partial charge in [-0.25, -0.2) is 4.98 Å². The fraction of sp³-hybridized carbons (Fsp3) is 0.467. The Bertz CT molecular complexity index is 744. The number of nitrogens with zero attached hydrogens (tertiary/aromatic N) is 2. The van der Waals surface area contributed by atoms with Crippen LogP contribution in [-0.2, 0) is 4.79 Å².